The van der Waals surface area contributed by atoms with E-state index in [1.54, 1.807) is 18.2 Å². The molecule has 0 radical (unpaired) electrons. The Morgan fingerprint density at radius 3 is 2.43 bits per heavy atom. The standard InChI is InChI=1S/C16H16Cl2N2O/c1-2-14(10-3-6-12(17)7-4-10)20-15-9-11(16(19)21)5-8-13(15)18/h3-9,14,20H,2H2,1H3,(H2,19,21). The summed E-state index contributed by atoms with van der Waals surface area (Å²) < 4.78 is 0. The van der Waals surface area contributed by atoms with Crippen LogP contribution in [0.3, 0.4) is 0 Å². The Labute approximate surface area is 134 Å². The van der Waals surface area contributed by atoms with Crippen molar-refractivity contribution < 1.29 is 4.79 Å². The first-order valence-electron chi connectivity index (χ1n) is 6.62. The molecule has 0 fully saturated rings. The number of hydrogen-bond donors (Lipinski definition) is 2. The predicted octanol–water partition coefficient (Wildman–Crippen LogP) is 4.66. The molecule has 0 aliphatic carbocycles. The number of anilines is 1. The van der Waals surface area contributed by atoms with Gasteiger partial charge < -0.3 is 11.1 Å². The van der Waals surface area contributed by atoms with Gasteiger partial charge in [0.05, 0.1) is 16.8 Å². The number of hydrogen-bond acceptors (Lipinski definition) is 2. The molecule has 0 aliphatic rings. The van der Waals surface area contributed by atoms with Crippen molar-refractivity contribution in [1.29, 1.82) is 0 Å². The second kappa shape index (κ2) is 6.83. The van der Waals surface area contributed by atoms with E-state index in [1.807, 2.05) is 24.3 Å². The molecule has 2 aromatic carbocycles. The fourth-order valence-corrected chi connectivity index (χ4v) is 2.39. The molecule has 3 N–H and O–H groups in total. The Hall–Kier alpha value is -1.71. The molecular formula is C16H16Cl2N2O. The van der Waals surface area contributed by atoms with Crippen LogP contribution in [0.1, 0.15) is 35.3 Å². The molecule has 1 unspecified atom stereocenters. The van der Waals surface area contributed by atoms with E-state index in [4.69, 9.17) is 28.9 Å². The summed E-state index contributed by atoms with van der Waals surface area (Å²) in [5.74, 6) is -0.478. The molecule has 5 heteroatoms. The SMILES string of the molecule is CCC(Nc1cc(C(N)=O)ccc1Cl)c1ccc(Cl)cc1. The quantitative estimate of drug-likeness (QED) is 0.841. The molecule has 0 heterocycles. The average Bonchev–Trinajstić information content (AvgIpc) is 2.47. The molecule has 2 aromatic rings. The zero-order valence-corrected chi connectivity index (χ0v) is 13.1. The topological polar surface area (TPSA) is 55.1 Å². The molecule has 3 nitrogen and oxygen atoms in total. The van der Waals surface area contributed by atoms with Crippen LogP contribution >= 0.6 is 23.2 Å². The minimum atomic E-state index is -0.478. The highest BCUT2D eigenvalue weighted by atomic mass is 35.5. The highest BCUT2D eigenvalue weighted by Gasteiger charge is 2.12. The fraction of sp³-hybridized carbons (Fsp3) is 0.188. The molecular weight excluding hydrogens is 307 g/mol. The lowest BCUT2D eigenvalue weighted by Crippen LogP contribution is -2.13. The third-order valence-electron chi connectivity index (χ3n) is 3.26. The fourth-order valence-electron chi connectivity index (χ4n) is 2.09. The van der Waals surface area contributed by atoms with E-state index >= 15 is 0 Å². The molecule has 0 aliphatic heterocycles. The molecule has 0 spiro atoms. The molecule has 0 saturated carbocycles. The van der Waals surface area contributed by atoms with Gasteiger partial charge in [-0.2, -0.15) is 0 Å². The van der Waals surface area contributed by atoms with Gasteiger partial charge in [-0.1, -0.05) is 42.3 Å². The van der Waals surface area contributed by atoms with Gasteiger partial charge in [-0.15, -0.1) is 0 Å². The van der Waals surface area contributed by atoms with Gasteiger partial charge in [-0.25, -0.2) is 0 Å². The summed E-state index contributed by atoms with van der Waals surface area (Å²) in [5.41, 5.74) is 7.51. The number of amides is 1. The maximum Gasteiger partial charge on any atom is 0.248 e. The highest BCUT2D eigenvalue weighted by Crippen LogP contribution is 2.29. The van der Waals surface area contributed by atoms with Gasteiger partial charge in [0.15, 0.2) is 0 Å². The molecule has 0 aromatic heterocycles. The minimum Gasteiger partial charge on any atom is -0.377 e. The number of rotatable bonds is 5. The normalized spacial score (nSPS) is 12.0. The van der Waals surface area contributed by atoms with Crippen LogP contribution in [0.5, 0.6) is 0 Å². The van der Waals surface area contributed by atoms with Crippen LogP contribution in [0, 0.1) is 0 Å². The molecule has 110 valence electrons. The molecule has 0 saturated heterocycles. The summed E-state index contributed by atoms with van der Waals surface area (Å²) in [5, 5.41) is 4.59. The van der Waals surface area contributed by atoms with Gasteiger partial charge in [0.1, 0.15) is 0 Å². The maximum atomic E-state index is 11.3. The van der Waals surface area contributed by atoms with Gasteiger partial charge in [0.25, 0.3) is 0 Å². The summed E-state index contributed by atoms with van der Waals surface area (Å²) in [6.07, 6.45) is 0.860. The Kier molecular flexibility index (Phi) is 5.10. The van der Waals surface area contributed by atoms with Gasteiger partial charge in [0.2, 0.25) is 5.91 Å². The van der Waals surface area contributed by atoms with Crippen molar-refractivity contribution >= 4 is 34.8 Å². The lowest BCUT2D eigenvalue weighted by Gasteiger charge is -2.20. The first-order chi connectivity index (χ1) is 10.0. The van der Waals surface area contributed by atoms with Crippen molar-refractivity contribution in [3.05, 3.63) is 63.6 Å². The highest BCUT2D eigenvalue weighted by molar-refractivity contribution is 6.33. The number of halogens is 2. The summed E-state index contributed by atoms with van der Waals surface area (Å²) >= 11 is 12.1. The largest absolute Gasteiger partial charge is 0.377 e. The second-order valence-corrected chi connectivity index (χ2v) is 5.56. The number of nitrogens with one attached hydrogen (secondary N) is 1. The number of nitrogens with two attached hydrogens (primary N) is 1. The third kappa shape index (κ3) is 3.90. The Morgan fingerprint density at radius 1 is 1.19 bits per heavy atom. The van der Waals surface area contributed by atoms with Crippen molar-refractivity contribution in [3.8, 4) is 0 Å². The summed E-state index contributed by atoms with van der Waals surface area (Å²) in [6.45, 7) is 2.07. The number of primary amides is 1. The van der Waals surface area contributed by atoms with Crippen LogP contribution in [-0.2, 0) is 0 Å². The van der Waals surface area contributed by atoms with Crippen molar-refractivity contribution in [3.63, 3.8) is 0 Å². The van der Waals surface area contributed by atoms with Gasteiger partial charge >= 0.3 is 0 Å². The molecule has 2 rings (SSSR count). The van der Waals surface area contributed by atoms with Crippen molar-refractivity contribution in [1.82, 2.24) is 0 Å². The zero-order valence-electron chi connectivity index (χ0n) is 11.6. The van der Waals surface area contributed by atoms with Crippen LogP contribution in [-0.4, -0.2) is 5.91 Å². The van der Waals surface area contributed by atoms with Crippen molar-refractivity contribution in [2.45, 2.75) is 19.4 Å². The summed E-state index contributed by atoms with van der Waals surface area (Å²) in [4.78, 5) is 11.3. The van der Waals surface area contributed by atoms with Gasteiger partial charge in [-0.3, -0.25) is 4.79 Å². The minimum absolute atomic E-state index is 0.0721. The van der Waals surface area contributed by atoms with Crippen LogP contribution in [0.4, 0.5) is 5.69 Å². The van der Waals surface area contributed by atoms with Crippen LogP contribution in [0.15, 0.2) is 42.5 Å². The first kappa shape index (κ1) is 15.7. The first-order valence-corrected chi connectivity index (χ1v) is 7.38. The number of benzene rings is 2. The van der Waals surface area contributed by atoms with Crippen LogP contribution in [0.25, 0.3) is 0 Å². The Bertz CT molecular complexity index is 641. The Balaban J connectivity index is 2.28. The predicted molar refractivity (Wildman–Crippen MR) is 88.1 cm³/mol. The third-order valence-corrected chi connectivity index (χ3v) is 3.84. The molecule has 0 bridgehead atoms. The number of carbonyl (C=O) groups excluding carboxylic acids is 1. The van der Waals surface area contributed by atoms with E-state index in [2.05, 4.69) is 12.2 Å². The molecule has 1 amide bonds. The number of carbonyl (C=O) groups is 1. The van der Waals surface area contributed by atoms with Crippen molar-refractivity contribution in [2.75, 3.05) is 5.32 Å². The Morgan fingerprint density at radius 2 is 1.86 bits per heavy atom. The van der Waals surface area contributed by atoms with Crippen LogP contribution in [0.2, 0.25) is 10.0 Å². The summed E-state index contributed by atoms with van der Waals surface area (Å²) in [7, 11) is 0. The van der Waals surface area contributed by atoms with Gasteiger partial charge in [-0.05, 0) is 42.3 Å². The van der Waals surface area contributed by atoms with Gasteiger partial charge in [0, 0.05) is 10.6 Å². The lowest BCUT2D eigenvalue weighted by molar-refractivity contribution is 0.100. The molecule has 1 atom stereocenters. The van der Waals surface area contributed by atoms with E-state index in [1.165, 1.54) is 0 Å². The van der Waals surface area contributed by atoms with E-state index < -0.39 is 5.91 Å². The summed E-state index contributed by atoms with van der Waals surface area (Å²) in [6, 6.07) is 12.7. The smallest absolute Gasteiger partial charge is 0.248 e. The van der Waals surface area contributed by atoms with E-state index in [9.17, 15) is 4.79 Å². The van der Waals surface area contributed by atoms with Crippen LogP contribution < -0.4 is 11.1 Å². The average molecular weight is 323 g/mol. The zero-order chi connectivity index (χ0) is 15.4. The van der Waals surface area contributed by atoms with E-state index in [0.717, 1.165) is 12.0 Å². The molecule has 21 heavy (non-hydrogen) atoms. The maximum absolute atomic E-state index is 11.3. The van der Waals surface area contributed by atoms with E-state index in [0.29, 0.717) is 21.3 Å². The second-order valence-electron chi connectivity index (χ2n) is 4.72. The van der Waals surface area contributed by atoms with E-state index in [-0.39, 0.29) is 6.04 Å². The van der Waals surface area contributed by atoms with Crippen molar-refractivity contribution in [2.24, 2.45) is 5.73 Å². The lowest BCUT2D eigenvalue weighted by atomic mass is 10.0. The monoisotopic (exact) mass is 322 g/mol.